The van der Waals surface area contributed by atoms with E-state index in [-0.39, 0.29) is 16.9 Å². The number of hydrogen-bond donors (Lipinski definition) is 1. The summed E-state index contributed by atoms with van der Waals surface area (Å²) >= 11 is 3.09. The first-order valence-electron chi connectivity index (χ1n) is 7.64. The molecule has 9 heteroatoms. The Hall–Kier alpha value is -2.55. The Morgan fingerprint density at radius 3 is 2.52 bits per heavy atom. The second-order valence-electron chi connectivity index (χ2n) is 5.40. The Bertz CT molecular complexity index is 834. The summed E-state index contributed by atoms with van der Waals surface area (Å²) in [5.41, 5.74) is -3.46. The molecular weight excluding hydrogens is 431 g/mol. The smallest absolute Gasteiger partial charge is 0.412 e. The molecule has 1 amide bonds. The van der Waals surface area contributed by atoms with Gasteiger partial charge in [-0.1, -0.05) is 40.2 Å². The van der Waals surface area contributed by atoms with E-state index in [4.69, 9.17) is 4.74 Å². The summed E-state index contributed by atoms with van der Waals surface area (Å²) < 4.78 is 51.5. The third kappa shape index (κ3) is 5.00. The van der Waals surface area contributed by atoms with Gasteiger partial charge in [-0.2, -0.15) is 0 Å². The van der Waals surface area contributed by atoms with E-state index in [0.717, 1.165) is 7.11 Å². The number of benzene rings is 2. The highest BCUT2D eigenvalue weighted by Gasteiger charge is 2.43. The zero-order valence-corrected chi connectivity index (χ0v) is 15.6. The molecule has 0 aliphatic carbocycles. The van der Waals surface area contributed by atoms with Gasteiger partial charge in [0.1, 0.15) is 11.3 Å². The van der Waals surface area contributed by atoms with Crippen LogP contribution in [0.25, 0.3) is 0 Å². The van der Waals surface area contributed by atoms with Gasteiger partial charge in [-0.25, -0.2) is 22.8 Å². The maximum absolute atomic E-state index is 14.9. The van der Waals surface area contributed by atoms with Gasteiger partial charge >= 0.3 is 12.1 Å². The first-order chi connectivity index (χ1) is 12.8. The Balaban J connectivity index is 2.13. The number of carbonyl (C=O) groups excluding carboxylic acids is 2. The van der Waals surface area contributed by atoms with Crippen molar-refractivity contribution in [3.63, 3.8) is 0 Å². The predicted octanol–water partition coefficient (Wildman–Crippen LogP) is 4.45. The average Bonchev–Trinajstić information content (AvgIpc) is 2.65. The highest BCUT2D eigenvalue weighted by Crippen LogP contribution is 2.33. The lowest BCUT2D eigenvalue weighted by atomic mass is 9.96. The van der Waals surface area contributed by atoms with Crippen molar-refractivity contribution < 1.29 is 32.2 Å². The van der Waals surface area contributed by atoms with Crippen LogP contribution >= 0.6 is 15.9 Å². The molecule has 0 radical (unpaired) electrons. The molecule has 0 spiro atoms. The summed E-state index contributed by atoms with van der Waals surface area (Å²) in [5.74, 6) is -0.897. The SMILES string of the molecule is COC(=O)c1ccccc1OC(=O)NCC(F)(c1cccc(Br)c1)C(F)F. The number of ether oxygens (including phenoxy) is 2. The van der Waals surface area contributed by atoms with E-state index in [1.54, 1.807) is 6.07 Å². The molecule has 1 N–H and O–H groups in total. The molecule has 2 aromatic rings. The van der Waals surface area contributed by atoms with Crippen LogP contribution in [0.3, 0.4) is 0 Å². The Kier molecular flexibility index (Phi) is 6.84. The molecule has 2 aromatic carbocycles. The van der Waals surface area contributed by atoms with E-state index in [2.05, 4.69) is 20.7 Å². The summed E-state index contributed by atoms with van der Waals surface area (Å²) in [4.78, 5) is 23.6. The number of alkyl halides is 3. The van der Waals surface area contributed by atoms with Crippen molar-refractivity contribution >= 4 is 28.0 Å². The number of methoxy groups -OCH3 is 1. The van der Waals surface area contributed by atoms with Crippen LogP contribution in [-0.2, 0) is 10.4 Å². The van der Waals surface area contributed by atoms with Crippen molar-refractivity contribution in [1.29, 1.82) is 0 Å². The maximum atomic E-state index is 14.9. The summed E-state index contributed by atoms with van der Waals surface area (Å²) in [7, 11) is 1.15. The average molecular weight is 446 g/mol. The van der Waals surface area contributed by atoms with Gasteiger partial charge in [0.15, 0.2) is 0 Å². The van der Waals surface area contributed by atoms with Crippen molar-refractivity contribution in [1.82, 2.24) is 5.32 Å². The fourth-order valence-electron chi connectivity index (χ4n) is 2.22. The van der Waals surface area contributed by atoms with E-state index < -0.39 is 30.7 Å². The van der Waals surface area contributed by atoms with Crippen molar-refractivity contribution in [2.75, 3.05) is 13.7 Å². The summed E-state index contributed by atoms with van der Waals surface area (Å²) in [5, 5.41) is 1.97. The minimum atomic E-state index is -3.39. The van der Waals surface area contributed by atoms with Crippen LogP contribution in [0, 0.1) is 0 Å². The van der Waals surface area contributed by atoms with Crippen LogP contribution in [-0.4, -0.2) is 32.1 Å². The molecule has 0 fully saturated rings. The quantitative estimate of drug-likeness (QED) is 0.666. The van der Waals surface area contributed by atoms with E-state index >= 15 is 0 Å². The normalized spacial score (nSPS) is 13.0. The first kappa shape index (κ1) is 20.8. The minimum Gasteiger partial charge on any atom is -0.465 e. The Morgan fingerprint density at radius 2 is 1.89 bits per heavy atom. The topological polar surface area (TPSA) is 64.6 Å². The highest BCUT2D eigenvalue weighted by atomic mass is 79.9. The summed E-state index contributed by atoms with van der Waals surface area (Å²) in [6, 6.07) is 11.0. The van der Waals surface area contributed by atoms with Gasteiger partial charge in [-0.05, 0) is 29.8 Å². The molecular formula is C18H15BrF3NO4. The number of carbonyl (C=O) groups is 2. The number of halogens is 4. The minimum absolute atomic E-state index is 0.0393. The van der Waals surface area contributed by atoms with Crippen LogP contribution in [0.5, 0.6) is 5.75 Å². The largest absolute Gasteiger partial charge is 0.465 e. The van der Waals surface area contributed by atoms with E-state index in [9.17, 15) is 22.8 Å². The first-order valence-corrected chi connectivity index (χ1v) is 8.43. The van der Waals surface area contributed by atoms with Gasteiger partial charge in [-0.3, -0.25) is 0 Å². The molecule has 0 saturated heterocycles. The molecule has 0 bridgehead atoms. The molecule has 5 nitrogen and oxygen atoms in total. The maximum Gasteiger partial charge on any atom is 0.412 e. The molecule has 0 aromatic heterocycles. The van der Waals surface area contributed by atoms with Gasteiger partial charge in [0, 0.05) is 4.47 Å². The summed E-state index contributed by atoms with van der Waals surface area (Å²) in [6.07, 6.45) is -4.58. The number of hydrogen-bond acceptors (Lipinski definition) is 4. The molecule has 0 saturated carbocycles. The van der Waals surface area contributed by atoms with Gasteiger partial charge in [0.05, 0.1) is 13.7 Å². The van der Waals surface area contributed by atoms with E-state index in [1.807, 2.05) is 5.32 Å². The number of esters is 1. The predicted molar refractivity (Wildman–Crippen MR) is 94.7 cm³/mol. The molecule has 144 valence electrons. The Labute approximate surface area is 161 Å². The Morgan fingerprint density at radius 1 is 1.19 bits per heavy atom. The zero-order chi connectivity index (χ0) is 20.0. The number of rotatable bonds is 6. The van der Waals surface area contributed by atoms with Crippen molar-refractivity contribution in [3.8, 4) is 5.75 Å². The third-order valence-electron chi connectivity index (χ3n) is 3.64. The molecule has 0 heterocycles. The van der Waals surface area contributed by atoms with Crippen LogP contribution in [0.15, 0.2) is 53.0 Å². The van der Waals surface area contributed by atoms with Crippen LogP contribution in [0.2, 0.25) is 0 Å². The van der Waals surface area contributed by atoms with Gasteiger partial charge in [-0.15, -0.1) is 0 Å². The van der Waals surface area contributed by atoms with Crippen molar-refractivity contribution in [2.24, 2.45) is 0 Å². The third-order valence-corrected chi connectivity index (χ3v) is 4.13. The number of nitrogens with one attached hydrogen (secondary N) is 1. The molecule has 0 aliphatic rings. The van der Waals surface area contributed by atoms with Crippen molar-refractivity contribution in [3.05, 3.63) is 64.1 Å². The molecule has 1 atom stereocenters. The lowest BCUT2D eigenvalue weighted by Gasteiger charge is -2.25. The van der Waals surface area contributed by atoms with Gasteiger partial charge in [0.2, 0.25) is 5.67 Å². The molecule has 2 rings (SSSR count). The van der Waals surface area contributed by atoms with E-state index in [0.29, 0.717) is 4.47 Å². The molecule has 0 aliphatic heterocycles. The van der Waals surface area contributed by atoms with Gasteiger partial charge in [0.25, 0.3) is 6.43 Å². The fourth-order valence-corrected chi connectivity index (χ4v) is 2.62. The summed E-state index contributed by atoms with van der Waals surface area (Å²) in [6.45, 7) is -1.03. The number of para-hydroxylation sites is 1. The van der Waals surface area contributed by atoms with Crippen molar-refractivity contribution in [2.45, 2.75) is 12.1 Å². The lowest BCUT2D eigenvalue weighted by molar-refractivity contribution is -0.0369. The standard InChI is InChI=1S/C18H15BrF3NO4/c1-26-15(24)13-7-2-3-8-14(13)27-17(25)23-10-18(22,16(20)21)11-5-4-6-12(19)9-11/h2-9,16H,10H2,1H3,(H,23,25). The fraction of sp³-hybridized carbons (Fsp3) is 0.222. The zero-order valence-electron chi connectivity index (χ0n) is 14.0. The van der Waals surface area contributed by atoms with Crippen LogP contribution in [0.1, 0.15) is 15.9 Å². The van der Waals surface area contributed by atoms with Crippen LogP contribution in [0.4, 0.5) is 18.0 Å². The van der Waals surface area contributed by atoms with Crippen LogP contribution < -0.4 is 10.1 Å². The lowest BCUT2D eigenvalue weighted by Crippen LogP contribution is -2.43. The van der Waals surface area contributed by atoms with E-state index in [1.165, 1.54) is 42.5 Å². The molecule has 1 unspecified atom stereocenters. The highest BCUT2D eigenvalue weighted by molar-refractivity contribution is 9.10. The molecule has 27 heavy (non-hydrogen) atoms. The second-order valence-corrected chi connectivity index (χ2v) is 6.32. The monoisotopic (exact) mass is 445 g/mol. The second kappa shape index (κ2) is 8.90. The van der Waals surface area contributed by atoms with Gasteiger partial charge < -0.3 is 14.8 Å². The number of amides is 1.